The third kappa shape index (κ3) is 3.13. The summed E-state index contributed by atoms with van der Waals surface area (Å²) in [5.74, 6) is 0.525. The lowest BCUT2D eigenvalue weighted by Gasteiger charge is -2.39. The molecule has 0 aliphatic heterocycles. The van der Waals surface area contributed by atoms with Crippen molar-refractivity contribution in [3.63, 3.8) is 0 Å². The van der Waals surface area contributed by atoms with Crippen LogP contribution < -0.4 is 10.9 Å². The van der Waals surface area contributed by atoms with Gasteiger partial charge in [0.2, 0.25) is 0 Å². The van der Waals surface area contributed by atoms with Gasteiger partial charge in [0.15, 0.2) is 0 Å². The molecular formula is C18H22N2O4. The van der Waals surface area contributed by atoms with E-state index in [-0.39, 0.29) is 17.1 Å². The molecule has 0 spiro atoms. The molecule has 1 aliphatic carbocycles. The van der Waals surface area contributed by atoms with Crippen molar-refractivity contribution in [2.45, 2.75) is 46.1 Å². The third-order valence-corrected chi connectivity index (χ3v) is 4.71. The minimum atomic E-state index is -0.913. The predicted molar refractivity (Wildman–Crippen MR) is 93.3 cm³/mol. The number of fused-ring (bicyclic) bond motifs is 1. The van der Waals surface area contributed by atoms with E-state index in [0.717, 1.165) is 19.3 Å². The summed E-state index contributed by atoms with van der Waals surface area (Å²) in [5.41, 5.74) is -0.617. The Bertz CT molecular complexity index is 841. The molecule has 3 rings (SSSR count). The average molecular weight is 330 g/mol. The minimum absolute atomic E-state index is 0.0904. The second-order valence-electron chi connectivity index (χ2n) is 7.62. The number of anilines is 1. The van der Waals surface area contributed by atoms with Gasteiger partial charge in [0.1, 0.15) is 11.3 Å². The molecule has 1 aromatic heterocycles. The zero-order valence-electron chi connectivity index (χ0n) is 14.2. The molecule has 0 radical (unpaired) electrons. The molecule has 0 bridgehead atoms. The van der Waals surface area contributed by atoms with E-state index in [2.05, 4.69) is 26.1 Å². The van der Waals surface area contributed by atoms with Crippen molar-refractivity contribution in [2.75, 3.05) is 5.32 Å². The van der Waals surface area contributed by atoms with Crippen molar-refractivity contribution < 1.29 is 9.34 Å². The van der Waals surface area contributed by atoms with E-state index in [4.69, 9.17) is 4.42 Å². The summed E-state index contributed by atoms with van der Waals surface area (Å²) in [6.07, 6.45) is 2.96. The fraction of sp³-hybridized carbons (Fsp3) is 0.500. The highest BCUT2D eigenvalue weighted by molar-refractivity contribution is 5.94. The van der Waals surface area contributed by atoms with Crippen LogP contribution in [0.25, 0.3) is 11.0 Å². The summed E-state index contributed by atoms with van der Waals surface area (Å²) in [7, 11) is 0. The van der Waals surface area contributed by atoms with Gasteiger partial charge in [-0.3, -0.25) is 10.1 Å². The molecule has 1 saturated carbocycles. The Hall–Kier alpha value is -2.37. The van der Waals surface area contributed by atoms with Crippen molar-refractivity contribution in [1.82, 2.24) is 0 Å². The van der Waals surface area contributed by atoms with Gasteiger partial charge in [0, 0.05) is 11.4 Å². The number of nitro groups is 1. The number of rotatable bonds is 3. The Kier molecular flexibility index (Phi) is 4.07. The summed E-state index contributed by atoms with van der Waals surface area (Å²) in [6, 6.07) is 7.01. The first-order valence-corrected chi connectivity index (χ1v) is 8.23. The molecule has 24 heavy (non-hydrogen) atoms. The highest BCUT2D eigenvalue weighted by Crippen LogP contribution is 2.41. The van der Waals surface area contributed by atoms with Crippen LogP contribution in [-0.4, -0.2) is 11.0 Å². The normalized spacial score (nSPS) is 23.1. The average Bonchev–Trinajstić information content (AvgIpc) is 2.44. The lowest BCUT2D eigenvalue weighted by atomic mass is 9.70. The monoisotopic (exact) mass is 330 g/mol. The molecule has 1 heterocycles. The summed E-state index contributed by atoms with van der Waals surface area (Å²) in [4.78, 5) is 22.9. The molecule has 2 atom stereocenters. The fourth-order valence-electron chi connectivity index (χ4n) is 4.11. The van der Waals surface area contributed by atoms with Crippen LogP contribution in [0, 0.1) is 21.4 Å². The van der Waals surface area contributed by atoms with Gasteiger partial charge in [0.25, 0.3) is 0 Å². The largest absolute Gasteiger partial charge is 0.418 e. The number of hydrogen-bond acceptors (Lipinski definition) is 5. The molecule has 6 nitrogen and oxygen atoms in total. The molecule has 6 heteroatoms. The third-order valence-electron chi connectivity index (χ3n) is 4.71. The summed E-state index contributed by atoms with van der Waals surface area (Å²) in [5, 5.41) is 15.3. The van der Waals surface area contributed by atoms with Gasteiger partial charge in [-0.1, -0.05) is 32.9 Å². The Labute approximate surface area is 140 Å². The van der Waals surface area contributed by atoms with Gasteiger partial charge in [0.05, 0.1) is 4.92 Å². The van der Waals surface area contributed by atoms with Crippen LogP contribution in [0.5, 0.6) is 0 Å². The number of nitrogens with one attached hydrogen (secondary N) is 1. The Balaban J connectivity index is 2.09. The van der Waals surface area contributed by atoms with E-state index in [1.54, 1.807) is 24.3 Å². The number of para-hydroxylation sites is 1. The zero-order valence-corrected chi connectivity index (χ0v) is 14.2. The second kappa shape index (κ2) is 5.92. The highest BCUT2D eigenvalue weighted by Gasteiger charge is 2.34. The maximum Gasteiger partial charge on any atom is 0.417 e. The number of nitrogens with zero attached hydrogens (tertiary/aromatic N) is 1. The van der Waals surface area contributed by atoms with Gasteiger partial charge >= 0.3 is 11.3 Å². The summed E-state index contributed by atoms with van der Waals surface area (Å²) >= 11 is 0. The molecule has 128 valence electrons. The standard InChI is InChI=1S/C18H22N2O4/c1-11-8-12(10-18(2,3)9-11)19-15-13-6-4-5-7-14(13)24-17(21)16(15)20(22)23/h4-7,11-12,19H,8-10H2,1-3H3/t11-,12-/m1/s1. The van der Waals surface area contributed by atoms with Gasteiger partial charge in [-0.15, -0.1) is 0 Å². The first-order valence-electron chi connectivity index (χ1n) is 8.23. The van der Waals surface area contributed by atoms with Gasteiger partial charge in [-0.05, 0) is 42.7 Å². The second-order valence-corrected chi connectivity index (χ2v) is 7.62. The first-order chi connectivity index (χ1) is 11.3. The molecule has 1 aliphatic rings. The SMILES string of the molecule is C[C@@H]1C[C@@H](Nc2c([N+](=O)[O-])c(=O)oc3ccccc23)CC(C)(C)C1. The van der Waals surface area contributed by atoms with Crippen molar-refractivity contribution in [3.8, 4) is 0 Å². The molecule has 1 N–H and O–H groups in total. The van der Waals surface area contributed by atoms with Crippen LogP contribution in [-0.2, 0) is 0 Å². The van der Waals surface area contributed by atoms with E-state index < -0.39 is 16.2 Å². The van der Waals surface area contributed by atoms with Crippen molar-refractivity contribution in [2.24, 2.45) is 11.3 Å². The first kappa shape index (κ1) is 16.5. The van der Waals surface area contributed by atoms with Crippen LogP contribution in [0.4, 0.5) is 11.4 Å². The molecule has 2 aromatic rings. The minimum Gasteiger partial charge on any atom is -0.418 e. The van der Waals surface area contributed by atoms with Crippen LogP contribution in [0.1, 0.15) is 40.0 Å². The van der Waals surface area contributed by atoms with E-state index in [1.165, 1.54) is 0 Å². The van der Waals surface area contributed by atoms with E-state index in [1.807, 2.05) is 0 Å². The smallest absolute Gasteiger partial charge is 0.417 e. The fourth-order valence-corrected chi connectivity index (χ4v) is 4.11. The maximum absolute atomic E-state index is 12.1. The predicted octanol–water partition coefficient (Wildman–Crippen LogP) is 4.33. The van der Waals surface area contributed by atoms with Crippen molar-refractivity contribution in [3.05, 3.63) is 44.8 Å². The van der Waals surface area contributed by atoms with Crippen LogP contribution >= 0.6 is 0 Å². The Morgan fingerprint density at radius 2 is 2.00 bits per heavy atom. The van der Waals surface area contributed by atoms with Crippen LogP contribution in [0.15, 0.2) is 33.5 Å². The topological polar surface area (TPSA) is 85.4 Å². The molecule has 0 unspecified atom stereocenters. The zero-order chi connectivity index (χ0) is 17.5. The lowest BCUT2D eigenvalue weighted by Crippen LogP contribution is -2.36. The van der Waals surface area contributed by atoms with Crippen molar-refractivity contribution in [1.29, 1.82) is 0 Å². The molecular weight excluding hydrogens is 308 g/mol. The maximum atomic E-state index is 12.1. The Morgan fingerprint density at radius 3 is 2.67 bits per heavy atom. The molecule has 1 aromatic carbocycles. The van der Waals surface area contributed by atoms with Gasteiger partial charge in [-0.25, -0.2) is 4.79 Å². The van der Waals surface area contributed by atoms with E-state index in [0.29, 0.717) is 16.9 Å². The lowest BCUT2D eigenvalue weighted by molar-refractivity contribution is -0.386. The summed E-state index contributed by atoms with van der Waals surface area (Å²) in [6.45, 7) is 6.62. The summed E-state index contributed by atoms with van der Waals surface area (Å²) < 4.78 is 5.11. The van der Waals surface area contributed by atoms with E-state index >= 15 is 0 Å². The number of hydrogen-bond donors (Lipinski definition) is 1. The van der Waals surface area contributed by atoms with Gasteiger partial charge in [-0.2, -0.15) is 0 Å². The molecule has 0 saturated heterocycles. The number of benzene rings is 1. The van der Waals surface area contributed by atoms with Crippen molar-refractivity contribution >= 4 is 22.3 Å². The molecule has 1 fully saturated rings. The van der Waals surface area contributed by atoms with Gasteiger partial charge < -0.3 is 9.73 Å². The quantitative estimate of drug-likeness (QED) is 0.514. The highest BCUT2D eigenvalue weighted by atomic mass is 16.6. The van der Waals surface area contributed by atoms with Crippen LogP contribution in [0.2, 0.25) is 0 Å². The molecule has 0 amide bonds. The van der Waals surface area contributed by atoms with Crippen LogP contribution in [0.3, 0.4) is 0 Å². The van der Waals surface area contributed by atoms with E-state index in [9.17, 15) is 14.9 Å². The Morgan fingerprint density at radius 1 is 1.29 bits per heavy atom.